The van der Waals surface area contributed by atoms with Gasteiger partial charge in [-0.3, -0.25) is 0 Å². The Morgan fingerprint density at radius 3 is 1.00 bits per heavy atom. The van der Waals surface area contributed by atoms with Gasteiger partial charge in [-0.15, -0.1) is 0 Å². The minimum atomic E-state index is 0.190. The summed E-state index contributed by atoms with van der Waals surface area (Å²) < 4.78 is 0. The Morgan fingerprint density at radius 2 is 0.857 bits per heavy atom. The third-order valence-electron chi connectivity index (χ3n) is 2.63. The molecular formula is C12H26N2. The average Bonchev–Trinajstić information content (AvgIpc) is 1.95. The second kappa shape index (κ2) is 4.24. The van der Waals surface area contributed by atoms with E-state index in [1.54, 1.807) is 0 Å². The van der Waals surface area contributed by atoms with Crippen LogP contribution < -0.4 is 0 Å². The predicted molar refractivity (Wildman–Crippen MR) is 64.2 cm³/mol. The lowest BCUT2D eigenvalue weighted by atomic mass is 10.1. The number of hydrogen-bond donors (Lipinski definition) is 0. The molecule has 0 aliphatic rings. The first kappa shape index (κ1) is 13.3. The van der Waals surface area contributed by atoms with Crippen molar-refractivity contribution in [2.75, 3.05) is 14.1 Å². The summed E-state index contributed by atoms with van der Waals surface area (Å²) in [7, 11) is 4.21. The molecule has 0 fully saturated rings. The Morgan fingerprint density at radius 1 is 0.643 bits per heavy atom. The van der Waals surface area contributed by atoms with E-state index >= 15 is 0 Å². The van der Waals surface area contributed by atoms with Crippen molar-refractivity contribution in [2.45, 2.75) is 52.6 Å². The molecule has 0 heterocycles. The smallest absolute Gasteiger partial charge is 0.0309 e. The summed E-state index contributed by atoms with van der Waals surface area (Å²) in [5.74, 6) is 0. The Labute approximate surface area is 89.6 Å². The standard InChI is InChI=1S/C12H26N2/c1-11(2,3)13(7)9-10-14(8)12(4,5)6/h9-10H,1-8H3. The minimum Gasteiger partial charge on any atom is -0.374 e. The molecule has 0 radical (unpaired) electrons. The molecule has 0 spiro atoms. The highest BCUT2D eigenvalue weighted by Crippen LogP contribution is 2.14. The monoisotopic (exact) mass is 198 g/mol. The Bertz CT molecular complexity index is 171. The van der Waals surface area contributed by atoms with Crippen LogP contribution in [0, 0.1) is 0 Å². The van der Waals surface area contributed by atoms with Gasteiger partial charge in [-0.2, -0.15) is 0 Å². The molecule has 0 N–H and O–H groups in total. The van der Waals surface area contributed by atoms with Gasteiger partial charge < -0.3 is 9.80 Å². The Hall–Kier alpha value is -0.660. The number of nitrogens with zero attached hydrogens (tertiary/aromatic N) is 2. The van der Waals surface area contributed by atoms with Gasteiger partial charge in [0.15, 0.2) is 0 Å². The topological polar surface area (TPSA) is 6.48 Å². The molecule has 0 unspecified atom stereocenters. The van der Waals surface area contributed by atoms with Crippen LogP contribution in [-0.2, 0) is 0 Å². The van der Waals surface area contributed by atoms with Gasteiger partial charge in [-0.25, -0.2) is 0 Å². The van der Waals surface area contributed by atoms with Gasteiger partial charge in [-0.05, 0) is 41.5 Å². The van der Waals surface area contributed by atoms with Crippen molar-refractivity contribution in [2.24, 2.45) is 0 Å². The van der Waals surface area contributed by atoms with Crippen LogP contribution in [0.15, 0.2) is 12.4 Å². The van der Waals surface area contributed by atoms with E-state index in [-0.39, 0.29) is 11.1 Å². The summed E-state index contributed by atoms with van der Waals surface area (Å²) in [6.45, 7) is 13.2. The van der Waals surface area contributed by atoms with Crippen LogP contribution >= 0.6 is 0 Å². The lowest BCUT2D eigenvalue weighted by Gasteiger charge is -2.34. The zero-order valence-electron chi connectivity index (χ0n) is 11.0. The first-order chi connectivity index (χ1) is 6.05. The fourth-order valence-electron chi connectivity index (χ4n) is 0.647. The van der Waals surface area contributed by atoms with Crippen LogP contribution in [0.2, 0.25) is 0 Å². The van der Waals surface area contributed by atoms with Crippen LogP contribution in [-0.4, -0.2) is 35.0 Å². The molecule has 0 bridgehead atoms. The average molecular weight is 198 g/mol. The first-order valence-corrected chi connectivity index (χ1v) is 5.19. The van der Waals surface area contributed by atoms with E-state index in [0.29, 0.717) is 0 Å². The summed E-state index contributed by atoms with van der Waals surface area (Å²) in [5.41, 5.74) is 0.379. The number of rotatable bonds is 2. The molecule has 0 rings (SSSR count). The quantitative estimate of drug-likeness (QED) is 0.673. The Balaban J connectivity index is 4.32. The van der Waals surface area contributed by atoms with E-state index in [4.69, 9.17) is 0 Å². The van der Waals surface area contributed by atoms with E-state index < -0.39 is 0 Å². The van der Waals surface area contributed by atoms with E-state index in [9.17, 15) is 0 Å². The lowest BCUT2D eigenvalue weighted by Crippen LogP contribution is -2.37. The zero-order chi connectivity index (χ0) is 11.6. The van der Waals surface area contributed by atoms with Gasteiger partial charge in [-0.1, -0.05) is 0 Å². The molecule has 2 nitrogen and oxygen atoms in total. The van der Waals surface area contributed by atoms with E-state index in [0.717, 1.165) is 0 Å². The van der Waals surface area contributed by atoms with Crippen LogP contribution in [0.4, 0.5) is 0 Å². The molecule has 0 aromatic carbocycles. The molecule has 14 heavy (non-hydrogen) atoms. The van der Waals surface area contributed by atoms with Crippen LogP contribution in [0.25, 0.3) is 0 Å². The van der Waals surface area contributed by atoms with Gasteiger partial charge in [0, 0.05) is 37.6 Å². The van der Waals surface area contributed by atoms with Crippen LogP contribution in [0.3, 0.4) is 0 Å². The summed E-state index contributed by atoms with van der Waals surface area (Å²) in [6, 6.07) is 0. The highest BCUT2D eigenvalue weighted by atomic mass is 15.2. The maximum Gasteiger partial charge on any atom is 0.0309 e. The molecule has 0 aromatic heterocycles. The largest absolute Gasteiger partial charge is 0.374 e. The van der Waals surface area contributed by atoms with E-state index in [1.807, 2.05) is 0 Å². The van der Waals surface area contributed by atoms with Crippen molar-refractivity contribution in [1.29, 1.82) is 0 Å². The normalized spacial score (nSPS) is 13.4. The van der Waals surface area contributed by atoms with Crippen molar-refractivity contribution in [3.05, 3.63) is 12.4 Å². The molecule has 0 aliphatic heterocycles. The molecule has 0 amide bonds. The second-order valence-electron chi connectivity index (χ2n) is 5.86. The van der Waals surface area contributed by atoms with Crippen molar-refractivity contribution in [1.82, 2.24) is 9.80 Å². The predicted octanol–water partition coefficient (Wildman–Crippen LogP) is 2.92. The zero-order valence-corrected chi connectivity index (χ0v) is 11.0. The fourth-order valence-corrected chi connectivity index (χ4v) is 0.647. The maximum atomic E-state index is 2.22. The molecule has 84 valence electrons. The van der Waals surface area contributed by atoms with Crippen LogP contribution in [0.1, 0.15) is 41.5 Å². The van der Waals surface area contributed by atoms with Crippen LogP contribution in [0.5, 0.6) is 0 Å². The van der Waals surface area contributed by atoms with Crippen molar-refractivity contribution in [3.8, 4) is 0 Å². The highest BCUT2D eigenvalue weighted by Gasteiger charge is 2.15. The van der Waals surface area contributed by atoms with Crippen molar-refractivity contribution >= 4 is 0 Å². The molecule has 0 aliphatic carbocycles. The maximum absolute atomic E-state index is 2.22. The summed E-state index contributed by atoms with van der Waals surface area (Å²) in [6.07, 6.45) is 4.26. The SMILES string of the molecule is CN(C=CN(C)C(C)(C)C)C(C)(C)C. The molecular weight excluding hydrogens is 172 g/mol. The number of hydrogen-bond acceptors (Lipinski definition) is 2. The van der Waals surface area contributed by atoms with Gasteiger partial charge in [0.1, 0.15) is 0 Å². The van der Waals surface area contributed by atoms with E-state index in [1.165, 1.54) is 0 Å². The molecule has 2 heteroatoms. The van der Waals surface area contributed by atoms with Gasteiger partial charge in [0.25, 0.3) is 0 Å². The summed E-state index contributed by atoms with van der Waals surface area (Å²) in [5, 5.41) is 0. The fraction of sp³-hybridized carbons (Fsp3) is 0.833. The van der Waals surface area contributed by atoms with Crippen molar-refractivity contribution in [3.63, 3.8) is 0 Å². The molecule has 0 saturated heterocycles. The highest BCUT2D eigenvalue weighted by molar-refractivity contribution is 4.90. The summed E-state index contributed by atoms with van der Waals surface area (Å²) in [4.78, 5) is 4.43. The van der Waals surface area contributed by atoms with Gasteiger partial charge in [0.2, 0.25) is 0 Å². The molecule has 0 saturated carbocycles. The summed E-state index contributed by atoms with van der Waals surface area (Å²) >= 11 is 0. The molecule has 0 atom stereocenters. The van der Waals surface area contributed by atoms with Gasteiger partial charge >= 0.3 is 0 Å². The minimum absolute atomic E-state index is 0.190. The third-order valence-corrected chi connectivity index (χ3v) is 2.63. The van der Waals surface area contributed by atoms with Crippen molar-refractivity contribution < 1.29 is 0 Å². The third kappa shape index (κ3) is 4.54. The molecule has 0 aromatic rings. The van der Waals surface area contributed by atoms with E-state index in [2.05, 4.69) is 77.8 Å². The first-order valence-electron chi connectivity index (χ1n) is 5.19. The lowest BCUT2D eigenvalue weighted by molar-refractivity contribution is 0.222. The van der Waals surface area contributed by atoms with Gasteiger partial charge in [0.05, 0.1) is 0 Å². The second-order valence-corrected chi connectivity index (χ2v) is 5.86. The Kier molecular flexibility index (Phi) is 4.04.